The molecule has 0 aromatic heterocycles. The lowest BCUT2D eigenvalue weighted by molar-refractivity contribution is 0.323. The molecule has 1 unspecified atom stereocenters. The van der Waals surface area contributed by atoms with Crippen LogP contribution in [0.25, 0.3) is 5.70 Å². The molecule has 1 aliphatic heterocycles. The van der Waals surface area contributed by atoms with Crippen LogP contribution in [0.2, 0.25) is 0 Å². The first-order valence-corrected chi connectivity index (χ1v) is 9.27. The van der Waals surface area contributed by atoms with E-state index in [2.05, 4.69) is 10.6 Å². The van der Waals surface area contributed by atoms with Crippen LogP contribution < -0.4 is 34.3 Å². The molecule has 7 nitrogen and oxygen atoms in total. The SMILES string of the molecule is COc1ccc(C2=CC(c3cc(OC)c(OC)c(OC)c3)NC(=S)N2)cc1OC. The summed E-state index contributed by atoms with van der Waals surface area (Å²) >= 11 is 5.43. The minimum absolute atomic E-state index is 0.194. The Morgan fingerprint density at radius 3 is 1.93 bits per heavy atom. The molecule has 0 spiro atoms. The fraction of sp³-hybridized carbons (Fsp3) is 0.286. The van der Waals surface area contributed by atoms with Crippen LogP contribution in [0.15, 0.2) is 36.4 Å². The predicted octanol–water partition coefficient (Wildman–Crippen LogP) is 3.29. The molecule has 29 heavy (non-hydrogen) atoms. The molecule has 2 aromatic rings. The van der Waals surface area contributed by atoms with Gasteiger partial charge in [-0.15, -0.1) is 0 Å². The molecule has 0 saturated heterocycles. The maximum absolute atomic E-state index is 5.47. The molecule has 0 bridgehead atoms. The third-order valence-electron chi connectivity index (χ3n) is 4.61. The molecule has 1 heterocycles. The molecule has 8 heteroatoms. The van der Waals surface area contributed by atoms with Gasteiger partial charge in [-0.1, -0.05) is 0 Å². The summed E-state index contributed by atoms with van der Waals surface area (Å²) in [6, 6.07) is 9.31. The van der Waals surface area contributed by atoms with Gasteiger partial charge in [-0.2, -0.15) is 0 Å². The molecule has 2 aromatic carbocycles. The topological polar surface area (TPSA) is 70.2 Å². The summed E-state index contributed by atoms with van der Waals surface area (Å²) in [6.07, 6.45) is 2.04. The zero-order chi connectivity index (χ0) is 21.0. The number of rotatable bonds is 7. The van der Waals surface area contributed by atoms with Crippen molar-refractivity contribution >= 4 is 23.0 Å². The van der Waals surface area contributed by atoms with E-state index in [4.69, 9.17) is 35.9 Å². The third kappa shape index (κ3) is 4.17. The van der Waals surface area contributed by atoms with Crippen molar-refractivity contribution in [3.63, 3.8) is 0 Å². The van der Waals surface area contributed by atoms with E-state index in [9.17, 15) is 0 Å². The zero-order valence-corrected chi connectivity index (χ0v) is 17.8. The number of thiocarbonyl (C=S) groups is 1. The molecule has 0 aliphatic carbocycles. The Kier molecular flexibility index (Phi) is 6.33. The van der Waals surface area contributed by atoms with E-state index in [1.165, 1.54) is 0 Å². The standard InChI is InChI=1S/C21H24N2O5S/c1-24-16-7-6-12(8-17(16)25-2)14-11-15(23-21(29)22-14)13-9-18(26-3)20(28-5)19(10-13)27-4/h6-11,15H,1-5H3,(H2,22,23,29). The fourth-order valence-electron chi connectivity index (χ4n) is 3.18. The number of methoxy groups -OCH3 is 5. The minimum Gasteiger partial charge on any atom is -0.493 e. The van der Waals surface area contributed by atoms with Gasteiger partial charge in [0.05, 0.1) is 41.6 Å². The molecule has 0 fully saturated rings. The average Bonchev–Trinajstić information content (AvgIpc) is 2.76. The van der Waals surface area contributed by atoms with Crippen molar-refractivity contribution in [1.29, 1.82) is 0 Å². The van der Waals surface area contributed by atoms with Crippen molar-refractivity contribution < 1.29 is 23.7 Å². The zero-order valence-electron chi connectivity index (χ0n) is 17.0. The summed E-state index contributed by atoms with van der Waals surface area (Å²) in [4.78, 5) is 0. The Morgan fingerprint density at radius 1 is 0.759 bits per heavy atom. The van der Waals surface area contributed by atoms with E-state index in [1.54, 1.807) is 35.5 Å². The van der Waals surface area contributed by atoms with Gasteiger partial charge in [0.15, 0.2) is 28.1 Å². The van der Waals surface area contributed by atoms with E-state index in [0.29, 0.717) is 33.9 Å². The number of hydrogen-bond acceptors (Lipinski definition) is 6. The monoisotopic (exact) mass is 416 g/mol. The van der Waals surface area contributed by atoms with Crippen LogP contribution in [0.3, 0.4) is 0 Å². The first-order valence-electron chi connectivity index (χ1n) is 8.86. The number of hydrogen-bond donors (Lipinski definition) is 2. The molecule has 1 atom stereocenters. The van der Waals surface area contributed by atoms with Gasteiger partial charge >= 0.3 is 0 Å². The second kappa shape index (κ2) is 8.91. The lowest BCUT2D eigenvalue weighted by Crippen LogP contribution is -2.40. The highest BCUT2D eigenvalue weighted by atomic mass is 32.1. The average molecular weight is 416 g/mol. The lowest BCUT2D eigenvalue weighted by atomic mass is 10.0. The van der Waals surface area contributed by atoms with E-state index < -0.39 is 0 Å². The summed E-state index contributed by atoms with van der Waals surface area (Å²) in [5.41, 5.74) is 2.69. The molecule has 2 N–H and O–H groups in total. The van der Waals surface area contributed by atoms with Crippen LogP contribution in [-0.4, -0.2) is 40.7 Å². The highest BCUT2D eigenvalue weighted by Crippen LogP contribution is 2.40. The Labute approximate surface area is 175 Å². The summed E-state index contributed by atoms with van der Waals surface area (Å²) < 4.78 is 27.1. The van der Waals surface area contributed by atoms with Crippen LogP contribution in [0, 0.1) is 0 Å². The van der Waals surface area contributed by atoms with Gasteiger partial charge in [0.1, 0.15) is 0 Å². The van der Waals surface area contributed by atoms with Crippen LogP contribution in [0.5, 0.6) is 28.7 Å². The summed E-state index contributed by atoms with van der Waals surface area (Å²) in [6.45, 7) is 0. The molecule has 3 rings (SSSR count). The van der Waals surface area contributed by atoms with E-state index in [0.717, 1.165) is 16.8 Å². The van der Waals surface area contributed by atoms with Crippen LogP contribution >= 0.6 is 12.2 Å². The number of nitrogens with one attached hydrogen (secondary N) is 2. The first kappa shape index (κ1) is 20.6. The number of ether oxygens (including phenoxy) is 5. The molecular formula is C21H24N2O5S. The highest BCUT2D eigenvalue weighted by Gasteiger charge is 2.23. The molecular weight excluding hydrogens is 392 g/mol. The third-order valence-corrected chi connectivity index (χ3v) is 4.83. The largest absolute Gasteiger partial charge is 0.493 e. The normalized spacial score (nSPS) is 15.6. The Bertz CT molecular complexity index is 920. The van der Waals surface area contributed by atoms with Crippen molar-refractivity contribution in [2.45, 2.75) is 6.04 Å². The van der Waals surface area contributed by atoms with Gasteiger partial charge in [0, 0.05) is 11.3 Å². The van der Waals surface area contributed by atoms with Crippen LogP contribution in [0.1, 0.15) is 17.2 Å². The number of benzene rings is 2. The van der Waals surface area contributed by atoms with Crippen molar-refractivity contribution in [3.05, 3.63) is 47.5 Å². The molecule has 0 radical (unpaired) electrons. The maximum atomic E-state index is 5.47. The van der Waals surface area contributed by atoms with Gasteiger partial charge in [0.25, 0.3) is 0 Å². The molecule has 1 aliphatic rings. The second-order valence-electron chi connectivity index (χ2n) is 6.18. The fourth-order valence-corrected chi connectivity index (χ4v) is 3.42. The van der Waals surface area contributed by atoms with Gasteiger partial charge in [-0.05, 0) is 54.2 Å². The smallest absolute Gasteiger partial charge is 0.203 e. The summed E-state index contributed by atoms with van der Waals surface area (Å²) in [5, 5.41) is 6.97. The predicted molar refractivity (Wildman–Crippen MR) is 115 cm³/mol. The van der Waals surface area contributed by atoms with Crippen molar-refractivity contribution in [1.82, 2.24) is 10.6 Å². The van der Waals surface area contributed by atoms with E-state index >= 15 is 0 Å². The van der Waals surface area contributed by atoms with Crippen LogP contribution in [0.4, 0.5) is 0 Å². The van der Waals surface area contributed by atoms with E-state index in [1.807, 2.05) is 36.4 Å². The lowest BCUT2D eigenvalue weighted by Gasteiger charge is -2.27. The summed E-state index contributed by atoms with van der Waals surface area (Å²) in [7, 11) is 7.97. The minimum atomic E-state index is -0.194. The molecule has 0 saturated carbocycles. The van der Waals surface area contributed by atoms with Crippen molar-refractivity contribution in [3.8, 4) is 28.7 Å². The van der Waals surface area contributed by atoms with Gasteiger partial charge < -0.3 is 34.3 Å². The Balaban J connectivity index is 2.04. The van der Waals surface area contributed by atoms with Crippen LogP contribution in [-0.2, 0) is 0 Å². The Hall–Kier alpha value is -3.13. The maximum Gasteiger partial charge on any atom is 0.203 e. The first-order chi connectivity index (χ1) is 14.0. The molecule has 0 amide bonds. The quantitative estimate of drug-likeness (QED) is 0.667. The second-order valence-corrected chi connectivity index (χ2v) is 6.59. The van der Waals surface area contributed by atoms with Crippen molar-refractivity contribution in [2.75, 3.05) is 35.5 Å². The Morgan fingerprint density at radius 2 is 1.38 bits per heavy atom. The van der Waals surface area contributed by atoms with Crippen molar-refractivity contribution in [2.24, 2.45) is 0 Å². The molecule has 154 valence electrons. The van der Waals surface area contributed by atoms with E-state index in [-0.39, 0.29) is 6.04 Å². The highest BCUT2D eigenvalue weighted by molar-refractivity contribution is 7.80. The van der Waals surface area contributed by atoms with Gasteiger partial charge in [0.2, 0.25) is 5.75 Å². The van der Waals surface area contributed by atoms with Gasteiger partial charge in [-0.3, -0.25) is 0 Å². The van der Waals surface area contributed by atoms with Gasteiger partial charge in [-0.25, -0.2) is 0 Å². The summed E-state index contributed by atoms with van der Waals surface area (Å²) in [5.74, 6) is 3.00.